The first-order chi connectivity index (χ1) is 14.1. The molecule has 1 fully saturated rings. The van der Waals surface area contributed by atoms with Crippen LogP contribution in [0.1, 0.15) is 34.5 Å². The van der Waals surface area contributed by atoms with Gasteiger partial charge in [-0.1, -0.05) is 18.2 Å². The summed E-state index contributed by atoms with van der Waals surface area (Å²) in [6.07, 6.45) is 2.88. The number of nitrogens with zero attached hydrogens (tertiary/aromatic N) is 1. The molecule has 6 heteroatoms. The van der Waals surface area contributed by atoms with Crippen molar-refractivity contribution in [3.63, 3.8) is 0 Å². The van der Waals surface area contributed by atoms with Gasteiger partial charge in [0, 0.05) is 30.1 Å². The highest BCUT2D eigenvalue weighted by Crippen LogP contribution is 2.33. The summed E-state index contributed by atoms with van der Waals surface area (Å²) in [5.41, 5.74) is 3.58. The Labute approximate surface area is 168 Å². The SMILES string of the molecule is COc1cccc2cc(C(=O)Nc3ccc4c(c3)CN(C(=O)C3CC3)CC4)oc12. The van der Waals surface area contributed by atoms with Gasteiger partial charge >= 0.3 is 0 Å². The smallest absolute Gasteiger partial charge is 0.291 e. The molecule has 0 atom stereocenters. The first kappa shape index (κ1) is 17.8. The van der Waals surface area contributed by atoms with E-state index in [4.69, 9.17) is 9.15 Å². The number of anilines is 1. The summed E-state index contributed by atoms with van der Waals surface area (Å²) in [5.74, 6) is 0.999. The fourth-order valence-corrected chi connectivity index (χ4v) is 3.91. The number of carbonyl (C=O) groups excluding carboxylic acids is 2. The Morgan fingerprint density at radius 3 is 2.79 bits per heavy atom. The average Bonchev–Trinajstić information content (AvgIpc) is 3.50. The molecular formula is C23H22N2O4. The maximum Gasteiger partial charge on any atom is 0.291 e. The van der Waals surface area contributed by atoms with Gasteiger partial charge < -0.3 is 19.4 Å². The van der Waals surface area contributed by atoms with E-state index < -0.39 is 0 Å². The number of nitrogens with one attached hydrogen (secondary N) is 1. The molecule has 1 aliphatic carbocycles. The zero-order valence-electron chi connectivity index (χ0n) is 16.2. The van der Waals surface area contributed by atoms with Crippen LogP contribution in [0.15, 0.2) is 46.9 Å². The molecule has 2 aliphatic rings. The van der Waals surface area contributed by atoms with Crippen LogP contribution < -0.4 is 10.1 Å². The number of hydrogen-bond donors (Lipinski definition) is 1. The zero-order chi connectivity index (χ0) is 20.0. The largest absolute Gasteiger partial charge is 0.493 e. The van der Waals surface area contributed by atoms with Gasteiger partial charge in [-0.25, -0.2) is 0 Å². The van der Waals surface area contributed by atoms with Crippen LogP contribution in [0, 0.1) is 5.92 Å². The van der Waals surface area contributed by atoms with Gasteiger partial charge in [0.2, 0.25) is 5.91 Å². The lowest BCUT2D eigenvalue weighted by Gasteiger charge is -2.29. The number of carbonyl (C=O) groups is 2. The molecule has 2 amide bonds. The highest BCUT2D eigenvalue weighted by molar-refractivity contribution is 6.05. The van der Waals surface area contributed by atoms with E-state index in [2.05, 4.69) is 5.32 Å². The third kappa shape index (κ3) is 3.35. The Bertz CT molecular complexity index is 1110. The number of fused-ring (bicyclic) bond motifs is 2. The van der Waals surface area contributed by atoms with E-state index in [-0.39, 0.29) is 23.5 Å². The van der Waals surface area contributed by atoms with Crippen LogP contribution in [-0.2, 0) is 17.8 Å². The number of benzene rings is 2. The molecule has 0 unspecified atom stereocenters. The Morgan fingerprint density at radius 1 is 1.14 bits per heavy atom. The minimum Gasteiger partial charge on any atom is -0.493 e. The van der Waals surface area contributed by atoms with Crippen LogP contribution in [0.25, 0.3) is 11.0 Å². The minimum absolute atomic E-state index is 0.226. The summed E-state index contributed by atoms with van der Waals surface area (Å²) in [4.78, 5) is 27.0. The van der Waals surface area contributed by atoms with Crippen molar-refractivity contribution < 1.29 is 18.7 Å². The Morgan fingerprint density at radius 2 is 2.00 bits per heavy atom. The van der Waals surface area contributed by atoms with Crippen LogP contribution in [0.4, 0.5) is 5.69 Å². The third-order valence-corrected chi connectivity index (χ3v) is 5.67. The number of para-hydroxylation sites is 1. The van der Waals surface area contributed by atoms with Crippen LogP contribution in [0.3, 0.4) is 0 Å². The summed E-state index contributed by atoms with van der Waals surface area (Å²) < 4.78 is 11.0. The fraction of sp³-hybridized carbons (Fsp3) is 0.304. The van der Waals surface area contributed by atoms with Crippen molar-refractivity contribution in [2.75, 3.05) is 19.0 Å². The molecule has 29 heavy (non-hydrogen) atoms. The standard InChI is InChI=1S/C23H22N2O4/c1-28-19-4-2-3-16-12-20(29-21(16)19)22(26)24-18-8-7-14-9-10-25(13-17(14)11-18)23(27)15-5-6-15/h2-4,7-8,11-12,15H,5-6,9-10,13H2,1H3,(H,24,26). The molecule has 1 saturated carbocycles. The quantitative estimate of drug-likeness (QED) is 0.731. The Balaban J connectivity index is 1.35. The van der Waals surface area contributed by atoms with Crippen LogP contribution in [-0.4, -0.2) is 30.4 Å². The van der Waals surface area contributed by atoms with Gasteiger partial charge in [-0.05, 0) is 54.7 Å². The summed E-state index contributed by atoms with van der Waals surface area (Å²) in [6.45, 7) is 1.38. The summed E-state index contributed by atoms with van der Waals surface area (Å²) >= 11 is 0. The molecule has 0 saturated heterocycles. The van der Waals surface area contributed by atoms with E-state index in [1.165, 1.54) is 5.56 Å². The van der Waals surface area contributed by atoms with Crippen molar-refractivity contribution in [3.8, 4) is 5.75 Å². The van der Waals surface area contributed by atoms with Gasteiger partial charge in [-0.3, -0.25) is 9.59 Å². The second-order valence-electron chi connectivity index (χ2n) is 7.71. The number of ether oxygens (including phenoxy) is 1. The van der Waals surface area contributed by atoms with E-state index >= 15 is 0 Å². The molecule has 0 bridgehead atoms. The third-order valence-electron chi connectivity index (χ3n) is 5.67. The molecule has 2 heterocycles. The van der Waals surface area contributed by atoms with Crippen molar-refractivity contribution in [1.29, 1.82) is 0 Å². The average molecular weight is 390 g/mol. The predicted octanol–water partition coefficient (Wildman–Crippen LogP) is 3.99. The van der Waals surface area contributed by atoms with E-state index in [0.29, 0.717) is 23.6 Å². The Kier molecular flexibility index (Phi) is 4.27. The number of hydrogen-bond acceptors (Lipinski definition) is 4. The monoisotopic (exact) mass is 390 g/mol. The maximum atomic E-state index is 12.7. The lowest BCUT2D eigenvalue weighted by Crippen LogP contribution is -2.36. The molecule has 1 aliphatic heterocycles. The van der Waals surface area contributed by atoms with E-state index in [0.717, 1.165) is 36.8 Å². The number of methoxy groups -OCH3 is 1. The molecular weight excluding hydrogens is 368 g/mol. The molecule has 0 spiro atoms. The lowest BCUT2D eigenvalue weighted by molar-refractivity contribution is -0.133. The zero-order valence-corrected chi connectivity index (χ0v) is 16.2. The van der Waals surface area contributed by atoms with Crippen LogP contribution >= 0.6 is 0 Å². The highest BCUT2D eigenvalue weighted by Gasteiger charge is 2.34. The molecule has 6 nitrogen and oxygen atoms in total. The van der Waals surface area contributed by atoms with Crippen molar-refractivity contribution in [1.82, 2.24) is 4.90 Å². The molecule has 0 radical (unpaired) electrons. The molecule has 1 aromatic heterocycles. The molecule has 3 aromatic rings. The highest BCUT2D eigenvalue weighted by atomic mass is 16.5. The summed E-state index contributed by atoms with van der Waals surface area (Å²) in [7, 11) is 1.57. The van der Waals surface area contributed by atoms with Crippen LogP contribution in [0.5, 0.6) is 5.75 Å². The number of furan rings is 1. The van der Waals surface area contributed by atoms with Crippen molar-refractivity contribution in [3.05, 3.63) is 59.4 Å². The van der Waals surface area contributed by atoms with Gasteiger partial charge in [0.15, 0.2) is 17.1 Å². The predicted molar refractivity (Wildman–Crippen MR) is 109 cm³/mol. The first-order valence-electron chi connectivity index (χ1n) is 9.91. The molecule has 5 rings (SSSR count). The summed E-state index contributed by atoms with van der Waals surface area (Å²) in [5, 5.41) is 3.72. The van der Waals surface area contributed by atoms with E-state index in [1.54, 1.807) is 19.2 Å². The maximum absolute atomic E-state index is 12.7. The first-order valence-corrected chi connectivity index (χ1v) is 9.91. The van der Waals surface area contributed by atoms with Crippen LogP contribution in [0.2, 0.25) is 0 Å². The van der Waals surface area contributed by atoms with Crippen molar-refractivity contribution in [2.45, 2.75) is 25.8 Å². The van der Waals surface area contributed by atoms with Crippen molar-refractivity contribution >= 4 is 28.5 Å². The molecule has 1 N–H and O–H groups in total. The van der Waals surface area contributed by atoms with Gasteiger partial charge in [0.1, 0.15) is 0 Å². The topological polar surface area (TPSA) is 71.8 Å². The number of rotatable bonds is 4. The number of amides is 2. The molecule has 2 aromatic carbocycles. The summed E-state index contributed by atoms with van der Waals surface area (Å²) in [6, 6.07) is 13.1. The van der Waals surface area contributed by atoms with Gasteiger partial charge in [-0.2, -0.15) is 0 Å². The molecule has 148 valence electrons. The normalized spacial score (nSPS) is 15.8. The van der Waals surface area contributed by atoms with Gasteiger partial charge in [-0.15, -0.1) is 0 Å². The van der Waals surface area contributed by atoms with Gasteiger partial charge in [0.05, 0.1) is 7.11 Å². The fourth-order valence-electron chi connectivity index (χ4n) is 3.91. The second kappa shape index (κ2) is 6.95. The van der Waals surface area contributed by atoms with Crippen molar-refractivity contribution in [2.24, 2.45) is 5.92 Å². The lowest BCUT2D eigenvalue weighted by atomic mass is 9.98. The second-order valence-corrected chi connectivity index (χ2v) is 7.71. The minimum atomic E-state index is -0.315. The Hall–Kier alpha value is -3.28. The van der Waals surface area contributed by atoms with E-state index in [9.17, 15) is 9.59 Å². The van der Waals surface area contributed by atoms with Gasteiger partial charge in [0.25, 0.3) is 5.91 Å². The van der Waals surface area contributed by atoms with E-state index in [1.807, 2.05) is 35.2 Å².